The zero-order valence-corrected chi connectivity index (χ0v) is 18.2. The Morgan fingerprint density at radius 1 is 1.10 bits per heavy atom. The number of hydrogen-bond acceptors (Lipinski definition) is 5. The van der Waals surface area contributed by atoms with Gasteiger partial charge in [0.15, 0.2) is 5.96 Å². The molecule has 0 bridgehead atoms. The molecule has 8 heteroatoms. The number of guanidine groups is 1. The maximum Gasteiger partial charge on any atom is 0.228 e. The fraction of sp³-hybridized carbons (Fsp3) is 0.318. The minimum absolute atomic E-state index is 0.552. The summed E-state index contributed by atoms with van der Waals surface area (Å²) in [6.45, 7) is 3.43. The third-order valence-electron chi connectivity index (χ3n) is 4.55. The molecule has 0 spiro atoms. The van der Waals surface area contributed by atoms with E-state index < -0.39 is 0 Å². The summed E-state index contributed by atoms with van der Waals surface area (Å²) in [5.74, 6) is 2.74. The number of methoxy groups -OCH3 is 1. The maximum absolute atomic E-state index is 5.91. The standard InChI is InChI=1S/C22H26ClN5O2/c1-15-4-9-19(29-3)17(14-15)10-12-25-22(24-2)26-13-11-20-27-21(28-30-20)16-5-7-18(23)8-6-16/h4-9,14H,10-13H2,1-3H3,(H2,24,25,26). The Balaban J connectivity index is 1.45. The number of aryl methyl sites for hydroxylation is 1. The topological polar surface area (TPSA) is 84.6 Å². The fourth-order valence-corrected chi connectivity index (χ4v) is 3.13. The van der Waals surface area contributed by atoms with Gasteiger partial charge in [0.1, 0.15) is 5.75 Å². The summed E-state index contributed by atoms with van der Waals surface area (Å²) < 4.78 is 10.8. The van der Waals surface area contributed by atoms with Gasteiger partial charge < -0.3 is 19.9 Å². The molecule has 0 saturated heterocycles. The normalized spacial score (nSPS) is 11.4. The summed E-state index contributed by atoms with van der Waals surface area (Å²) in [6.07, 6.45) is 1.42. The molecule has 158 valence electrons. The van der Waals surface area contributed by atoms with Crippen LogP contribution in [0.1, 0.15) is 17.0 Å². The molecule has 7 nitrogen and oxygen atoms in total. The third kappa shape index (κ3) is 5.97. The number of nitrogens with zero attached hydrogens (tertiary/aromatic N) is 3. The Bertz CT molecular complexity index is 985. The summed E-state index contributed by atoms with van der Waals surface area (Å²) in [5, 5.41) is 11.3. The van der Waals surface area contributed by atoms with Crippen molar-refractivity contribution >= 4 is 17.6 Å². The van der Waals surface area contributed by atoms with Crippen molar-refractivity contribution in [3.05, 3.63) is 64.5 Å². The number of ether oxygens (including phenoxy) is 1. The van der Waals surface area contributed by atoms with Crippen molar-refractivity contribution in [2.24, 2.45) is 4.99 Å². The Kier molecular flexibility index (Phi) is 7.68. The van der Waals surface area contributed by atoms with Gasteiger partial charge in [-0.1, -0.05) is 34.5 Å². The van der Waals surface area contributed by atoms with Gasteiger partial charge in [-0.3, -0.25) is 4.99 Å². The van der Waals surface area contributed by atoms with Crippen LogP contribution in [-0.4, -0.2) is 43.3 Å². The van der Waals surface area contributed by atoms with Gasteiger partial charge in [0, 0.05) is 37.1 Å². The zero-order valence-electron chi connectivity index (χ0n) is 17.4. The summed E-state index contributed by atoms with van der Waals surface area (Å²) in [7, 11) is 3.44. The molecule has 3 aromatic rings. The largest absolute Gasteiger partial charge is 0.496 e. The van der Waals surface area contributed by atoms with Gasteiger partial charge >= 0.3 is 0 Å². The lowest BCUT2D eigenvalue weighted by atomic mass is 10.1. The Hall–Kier alpha value is -3.06. The van der Waals surface area contributed by atoms with Crippen molar-refractivity contribution in [3.8, 4) is 17.1 Å². The fourth-order valence-electron chi connectivity index (χ4n) is 3.00. The monoisotopic (exact) mass is 427 g/mol. The number of rotatable bonds is 8. The molecule has 0 aliphatic rings. The highest BCUT2D eigenvalue weighted by Crippen LogP contribution is 2.20. The Morgan fingerprint density at radius 3 is 2.53 bits per heavy atom. The van der Waals surface area contributed by atoms with E-state index in [2.05, 4.69) is 38.8 Å². The minimum Gasteiger partial charge on any atom is -0.496 e. The molecule has 0 saturated carbocycles. The molecule has 0 unspecified atom stereocenters. The number of hydrogen-bond donors (Lipinski definition) is 2. The average molecular weight is 428 g/mol. The zero-order chi connectivity index (χ0) is 21.3. The number of halogens is 1. The molecule has 0 aliphatic carbocycles. The van der Waals surface area contributed by atoms with Gasteiger partial charge in [0.05, 0.1) is 7.11 Å². The highest BCUT2D eigenvalue weighted by atomic mass is 35.5. The van der Waals surface area contributed by atoms with Crippen molar-refractivity contribution in [1.82, 2.24) is 20.8 Å². The van der Waals surface area contributed by atoms with Crippen molar-refractivity contribution in [3.63, 3.8) is 0 Å². The second-order valence-corrected chi connectivity index (χ2v) is 7.20. The first kappa shape index (κ1) is 21.6. The first-order chi connectivity index (χ1) is 14.6. The van der Waals surface area contributed by atoms with Crippen molar-refractivity contribution in [2.75, 3.05) is 27.2 Å². The molecular weight excluding hydrogens is 402 g/mol. The smallest absolute Gasteiger partial charge is 0.228 e. The average Bonchev–Trinajstić information content (AvgIpc) is 3.22. The molecule has 30 heavy (non-hydrogen) atoms. The van der Waals surface area contributed by atoms with Crippen LogP contribution >= 0.6 is 11.6 Å². The highest BCUT2D eigenvalue weighted by Gasteiger charge is 2.09. The van der Waals surface area contributed by atoms with Gasteiger partial charge in [-0.05, 0) is 49.2 Å². The highest BCUT2D eigenvalue weighted by molar-refractivity contribution is 6.30. The number of benzene rings is 2. The summed E-state index contributed by atoms with van der Waals surface area (Å²) in [6, 6.07) is 13.5. The van der Waals surface area contributed by atoms with Crippen LogP contribution in [0.3, 0.4) is 0 Å². The SMILES string of the molecule is CN=C(NCCc1nc(-c2ccc(Cl)cc2)no1)NCCc1cc(C)ccc1OC. The summed E-state index contributed by atoms with van der Waals surface area (Å²) in [5.41, 5.74) is 3.25. The first-order valence-electron chi connectivity index (χ1n) is 9.75. The lowest BCUT2D eigenvalue weighted by Crippen LogP contribution is -2.39. The Morgan fingerprint density at radius 2 is 1.83 bits per heavy atom. The van der Waals surface area contributed by atoms with E-state index in [0.29, 0.717) is 29.7 Å². The molecule has 0 atom stereocenters. The van der Waals surface area contributed by atoms with Crippen LogP contribution in [0, 0.1) is 6.92 Å². The van der Waals surface area contributed by atoms with Crippen LogP contribution in [-0.2, 0) is 12.8 Å². The van der Waals surface area contributed by atoms with Crippen molar-refractivity contribution in [2.45, 2.75) is 19.8 Å². The third-order valence-corrected chi connectivity index (χ3v) is 4.80. The van der Waals surface area contributed by atoms with Gasteiger partial charge in [-0.2, -0.15) is 4.98 Å². The molecule has 0 aliphatic heterocycles. The number of aliphatic imine (C=N–C) groups is 1. The number of nitrogens with one attached hydrogen (secondary N) is 2. The molecule has 3 rings (SSSR count). The van der Waals surface area contributed by atoms with E-state index in [0.717, 1.165) is 30.2 Å². The van der Waals surface area contributed by atoms with E-state index in [-0.39, 0.29) is 0 Å². The van der Waals surface area contributed by atoms with Crippen LogP contribution < -0.4 is 15.4 Å². The van der Waals surface area contributed by atoms with E-state index in [1.807, 2.05) is 24.3 Å². The van der Waals surface area contributed by atoms with E-state index >= 15 is 0 Å². The summed E-state index contributed by atoms with van der Waals surface area (Å²) in [4.78, 5) is 8.68. The second-order valence-electron chi connectivity index (χ2n) is 6.76. The van der Waals surface area contributed by atoms with Crippen molar-refractivity contribution < 1.29 is 9.26 Å². The molecule has 2 N–H and O–H groups in total. The predicted molar refractivity (Wildman–Crippen MR) is 119 cm³/mol. The number of aromatic nitrogens is 2. The molecular formula is C22H26ClN5O2. The van der Waals surface area contributed by atoms with E-state index in [1.165, 1.54) is 11.1 Å². The van der Waals surface area contributed by atoms with E-state index in [4.69, 9.17) is 20.9 Å². The second kappa shape index (κ2) is 10.6. The van der Waals surface area contributed by atoms with Crippen LogP contribution in [0.2, 0.25) is 5.02 Å². The molecule has 0 radical (unpaired) electrons. The lowest BCUT2D eigenvalue weighted by molar-refractivity contribution is 0.378. The van der Waals surface area contributed by atoms with Gasteiger partial charge in [-0.25, -0.2) is 0 Å². The predicted octanol–water partition coefficient (Wildman–Crippen LogP) is 3.66. The van der Waals surface area contributed by atoms with Crippen LogP contribution in [0.4, 0.5) is 0 Å². The van der Waals surface area contributed by atoms with Crippen LogP contribution in [0.25, 0.3) is 11.4 Å². The van der Waals surface area contributed by atoms with Gasteiger partial charge in [0.2, 0.25) is 11.7 Å². The molecule has 0 fully saturated rings. The van der Waals surface area contributed by atoms with Crippen molar-refractivity contribution in [1.29, 1.82) is 0 Å². The van der Waals surface area contributed by atoms with E-state index in [1.54, 1.807) is 26.3 Å². The molecule has 1 aromatic heterocycles. The first-order valence-corrected chi connectivity index (χ1v) is 10.1. The quantitative estimate of drug-likeness (QED) is 0.421. The molecule has 1 heterocycles. The minimum atomic E-state index is 0.552. The van der Waals surface area contributed by atoms with E-state index in [9.17, 15) is 0 Å². The Labute approximate surface area is 181 Å². The van der Waals surface area contributed by atoms with Gasteiger partial charge in [-0.15, -0.1) is 0 Å². The lowest BCUT2D eigenvalue weighted by Gasteiger charge is -2.13. The maximum atomic E-state index is 5.91. The van der Waals surface area contributed by atoms with Crippen LogP contribution in [0.15, 0.2) is 52.0 Å². The van der Waals surface area contributed by atoms with Crippen LogP contribution in [0.5, 0.6) is 5.75 Å². The van der Waals surface area contributed by atoms with Gasteiger partial charge in [0.25, 0.3) is 0 Å². The molecule has 0 amide bonds. The summed E-state index contributed by atoms with van der Waals surface area (Å²) >= 11 is 5.91. The molecule has 2 aromatic carbocycles.